The van der Waals surface area contributed by atoms with Crippen molar-refractivity contribution in [2.45, 2.75) is 42.8 Å². The van der Waals surface area contributed by atoms with Crippen LogP contribution in [0.25, 0.3) is 0 Å². The first-order valence-electron chi connectivity index (χ1n) is 9.65. The van der Waals surface area contributed by atoms with E-state index in [0.717, 1.165) is 55.5 Å². The Morgan fingerprint density at radius 2 is 1.88 bits per heavy atom. The van der Waals surface area contributed by atoms with Gasteiger partial charge in [-0.2, -0.15) is 0 Å². The molecule has 4 rings (SSSR count). The highest BCUT2D eigenvalue weighted by Gasteiger charge is 2.16. The number of rotatable bonds is 4. The molecule has 0 saturated carbocycles. The van der Waals surface area contributed by atoms with E-state index in [4.69, 9.17) is 16.6 Å². The number of nitrogens with zero attached hydrogens (tertiary/aromatic N) is 2. The zero-order valence-electron chi connectivity index (χ0n) is 15.1. The molecule has 1 fully saturated rings. The topological polar surface area (TPSA) is 28.2 Å². The molecule has 138 valence electrons. The number of piperidine rings is 1. The molecule has 0 aliphatic carbocycles. The van der Waals surface area contributed by atoms with E-state index in [2.05, 4.69) is 34.5 Å². The molecule has 2 aromatic rings. The Morgan fingerprint density at radius 3 is 2.69 bits per heavy atom. The monoisotopic (exact) mass is 387 g/mol. The molecule has 0 atom stereocenters. The predicted octanol–water partition coefficient (Wildman–Crippen LogP) is 4.71. The molecular formula is C21H26ClN3S. The molecule has 3 nitrogen and oxygen atoms in total. The summed E-state index contributed by atoms with van der Waals surface area (Å²) in [7, 11) is 0. The van der Waals surface area contributed by atoms with E-state index in [1.807, 2.05) is 18.0 Å². The average molecular weight is 388 g/mol. The second kappa shape index (κ2) is 8.64. The van der Waals surface area contributed by atoms with Crippen LogP contribution in [-0.4, -0.2) is 31.2 Å². The lowest BCUT2D eigenvalue weighted by molar-refractivity contribution is 0.577. The molecule has 0 bridgehead atoms. The van der Waals surface area contributed by atoms with Gasteiger partial charge in [0, 0.05) is 23.7 Å². The molecule has 5 heteroatoms. The summed E-state index contributed by atoms with van der Waals surface area (Å²) >= 11 is 8.37. The Hall–Kier alpha value is -1.23. The average Bonchev–Trinajstić information content (AvgIpc) is 2.94. The molecule has 1 aromatic heterocycles. The third kappa shape index (κ3) is 4.19. The summed E-state index contributed by atoms with van der Waals surface area (Å²) in [6, 6.07) is 8.65. The van der Waals surface area contributed by atoms with Crippen LogP contribution in [0.5, 0.6) is 0 Å². The first-order valence-corrected chi connectivity index (χ1v) is 11.0. The van der Waals surface area contributed by atoms with E-state index >= 15 is 0 Å². The Balaban J connectivity index is 1.45. The Labute approximate surface area is 165 Å². The third-order valence-corrected chi connectivity index (χ3v) is 6.95. The van der Waals surface area contributed by atoms with Crippen LogP contribution >= 0.6 is 23.4 Å². The van der Waals surface area contributed by atoms with Crippen LogP contribution in [0, 0.1) is 0 Å². The Kier molecular flexibility index (Phi) is 6.03. The van der Waals surface area contributed by atoms with Gasteiger partial charge in [0.2, 0.25) is 0 Å². The van der Waals surface area contributed by atoms with Crippen LogP contribution in [0.1, 0.15) is 36.1 Å². The van der Waals surface area contributed by atoms with Gasteiger partial charge in [-0.25, -0.2) is 0 Å². The van der Waals surface area contributed by atoms with Crippen molar-refractivity contribution in [3.63, 3.8) is 0 Å². The normalized spacial score (nSPS) is 17.7. The van der Waals surface area contributed by atoms with Gasteiger partial charge in [0.25, 0.3) is 0 Å². The summed E-state index contributed by atoms with van der Waals surface area (Å²) in [5.41, 5.74) is 5.25. The first kappa shape index (κ1) is 18.1. The molecule has 0 spiro atoms. The van der Waals surface area contributed by atoms with Crippen molar-refractivity contribution in [2.24, 2.45) is 0 Å². The predicted molar refractivity (Wildman–Crippen MR) is 112 cm³/mol. The number of aromatic nitrogens is 1. The molecule has 26 heavy (non-hydrogen) atoms. The van der Waals surface area contributed by atoms with Gasteiger partial charge < -0.3 is 10.2 Å². The summed E-state index contributed by atoms with van der Waals surface area (Å²) in [6.07, 6.45) is 8.13. The number of nitrogens with one attached hydrogen (secondary N) is 1. The minimum Gasteiger partial charge on any atom is -0.370 e. The molecule has 1 saturated heterocycles. The second-order valence-electron chi connectivity index (χ2n) is 7.11. The van der Waals surface area contributed by atoms with Gasteiger partial charge >= 0.3 is 0 Å². The lowest BCUT2D eigenvalue weighted by Gasteiger charge is -2.28. The highest BCUT2D eigenvalue weighted by atomic mass is 35.5. The number of hydrogen-bond donors (Lipinski definition) is 1. The second-order valence-corrected chi connectivity index (χ2v) is 8.50. The quantitative estimate of drug-likeness (QED) is 0.769. The number of hydrogen-bond acceptors (Lipinski definition) is 4. The van der Waals surface area contributed by atoms with Crippen molar-refractivity contribution in [3.05, 3.63) is 52.3 Å². The van der Waals surface area contributed by atoms with Crippen LogP contribution in [-0.2, 0) is 18.6 Å². The number of benzene rings is 1. The number of anilines is 1. The summed E-state index contributed by atoms with van der Waals surface area (Å²) < 4.78 is 0. The van der Waals surface area contributed by atoms with Gasteiger partial charge in [0.1, 0.15) is 0 Å². The molecule has 3 heterocycles. The molecule has 2 aliphatic rings. The highest BCUT2D eigenvalue weighted by Crippen LogP contribution is 2.36. The van der Waals surface area contributed by atoms with Crippen LogP contribution in [0.2, 0.25) is 5.02 Å². The molecule has 1 aromatic carbocycles. The van der Waals surface area contributed by atoms with Gasteiger partial charge in [-0.15, -0.1) is 11.8 Å². The lowest BCUT2D eigenvalue weighted by Crippen LogP contribution is -2.29. The van der Waals surface area contributed by atoms with E-state index in [1.54, 1.807) is 0 Å². The maximum absolute atomic E-state index is 6.54. The van der Waals surface area contributed by atoms with Crippen molar-refractivity contribution in [1.82, 2.24) is 10.3 Å². The van der Waals surface area contributed by atoms with E-state index in [-0.39, 0.29) is 0 Å². The van der Waals surface area contributed by atoms with Gasteiger partial charge in [-0.3, -0.25) is 4.98 Å². The highest BCUT2D eigenvalue weighted by molar-refractivity contribution is 7.98. The number of thioether (sulfide) groups is 1. The van der Waals surface area contributed by atoms with Gasteiger partial charge in [0.05, 0.1) is 22.6 Å². The molecule has 2 aliphatic heterocycles. The Morgan fingerprint density at radius 1 is 1.04 bits per heavy atom. The van der Waals surface area contributed by atoms with Gasteiger partial charge in [-0.05, 0) is 74.5 Å². The van der Waals surface area contributed by atoms with Crippen molar-refractivity contribution >= 4 is 29.1 Å². The maximum Gasteiger partial charge on any atom is 0.0552 e. The van der Waals surface area contributed by atoms with E-state index in [0.29, 0.717) is 0 Å². The zero-order valence-corrected chi connectivity index (χ0v) is 16.7. The number of halogens is 1. The SMILES string of the molecule is Clc1ccc2c(c1SCc1ccc(N3CCCCC3)cn1)CCNCC2. The Bertz CT molecular complexity index is 742. The van der Waals surface area contributed by atoms with Crippen LogP contribution in [0.15, 0.2) is 35.4 Å². The fourth-order valence-corrected chi connectivity index (χ4v) is 5.27. The zero-order chi connectivity index (χ0) is 17.8. The van der Waals surface area contributed by atoms with Crippen molar-refractivity contribution < 1.29 is 0 Å². The van der Waals surface area contributed by atoms with Crippen LogP contribution < -0.4 is 10.2 Å². The minimum atomic E-state index is 0.865. The smallest absolute Gasteiger partial charge is 0.0552 e. The van der Waals surface area contributed by atoms with Crippen LogP contribution in [0.3, 0.4) is 0 Å². The molecule has 0 radical (unpaired) electrons. The van der Waals surface area contributed by atoms with Crippen molar-refractivity contribution in [1.29, 1.82) is 0 Å². The number of fused-ring (bicyclic) bond motifs is 1. The van der Waals surface area contributed by atoms with Crippen molar-refractivity contribution in [3.8, 4) is 0 Å². The number of pyridine rings is 1. The van der Waals surface area contributed by atoms with Crippen LogP contribution in [0.4, 0.5) is 5.69 Å². The molecular weight excluding hydrogens is 362 g/mol. The third-order valence-electron chi connectivity index (χ3n) is 5.33. The molecule has 0 unspecified atom stereocenters. The summed E-state index contributed by atoms with van der Waals surface area (Å²) in [5, 5.41) is 4.36. The standard InChI is InChI=1S/C21H26ClN3S/c22-20-7-4-16-8-10-23-11-9-19(16)21(20)26-15-17-5-6-18(14-24-17)25-12-2-1-3-13-25/h4-7,14,23H,1-3,8-13,15H2. The first-order chi connectivity index (χ1) is 12.8. The largest absolute Gasteiger partial charge is 0.370 e. The van der Waals surface area contributed by atoms with E-state index in [9.17, 15) is 0 Å². The van der Waals surface area contributed by atoms with Crippen molar-refractivity contribution in [2.75, 3.05) is 31.1 Å². The summed E-state index contributed by atoms with van der Waals surface area (Å²) in [6.45, 7) is 4.41. The van der Waals surface area contributed by atoms with Gasteiger partial charge in [-0.1, -0.05) is 17.7 Å². The molecule has 0 amide bonds. The van der Waals surface area contributed by atoms with E-state index in [1.165, 1.54) is 41.0 Å². The summed E-state index contributed by atoms with van der Waals surface area (Å²) in [4.78, 5) is 8.41. The fourth-order valence-electron chi connectivity index (χ4n) is 3.85. The molecule has 1 N–H and O–H groups in total. The van der Waals surface area contributed by atoms with Gasteiger partial charge in [0.15, 0.2) is 0 Å². The van der Waals surface area contributed by atoms with E-state index < -0.39 is 0 Å². The lowest BCUT2D eigenvalue weighted by atomic mass is 10.0. The summed E-state index contributed by atoms with van der Waals surface area (Å²) in [5.74, 6) is 0.865. The fraction of sp³-hybridized carbons (Fsp3) is 0.476. The minimum absolute atomic E-state index is 0.865. The maximum atomic E-state index is 6.54.